The summed E-state index contributed by atoms with van der Waals surface area (Å²) >= 11 is 12.0. The Morgan fingerprint density at radius 2 is 1.80 bits per heavy atom. The molecule has 2 amide bonds. The molecule has 0 radical (unpaired) electrons. The van der Waals surface area contributed by atoms with Crippen LogP contribution in [0.1, 0.15) is 25.0 Å². The number of benzene rings is 2. The molecule has 1 N–H and O–H groups in total. The lowest BCUT2D eigenvalue weighted by molar-refractivity contribution is -0.130. The average Bonchev–Trinajstić information content (AvgIpc) is 2.68. The Morgan fingerprint density at radius 1 is 1.10 bits per heavy atom. The summed E-state index contributed by atoms with van der Waals surface area (Å²) in [5, 5.41) is 4.00. The van der Waals surface area contributed by atoms with Crippen molar-refractivity contribution in [1.82, 2.24) is 9.80 Å². The molecule has 2 aromatic rings. The first-order valence-corrected chi connectivity index (χ1v) is 10.6. The third kappa shape index (κ3) is 6.08. The molecule has 5 nitrogen and oxygen atoms in total. The molecule has 30 heavy (non-hydrogen) atoms. The molecule has 1 heterocycles. The van der Waals surface area contributed by atoms with Crippen molar-refractivity contribution in [3.63, 3.8) is 0 Å². The smallest absolute Gasteiger partial charge is 0.246 e. The molecule has 1 saturated heterocycles. The predicted octanol–water partition coefficient (Wildman–Crippen LogP) is 4.70. The van der Waals surface area contributed by atoms with E-state index in [1.807, 2.05) is 29.2 Å². The summed E-state index contributed by atoms with van der Waals surface area (Å²) < 4.78 is 0. The van der Waals surface area contributed by atoms with Crippen LogP contribution in [0.4, 0.5) is 5.69 Å². The van der Waals surface area contributed by atoms with Crippen molar-refractivity contribution < 1.29 is 9.59 Å². The van der Waals surface area contributed by atoms with E-state index in [1.165, 1.54) is 12.5 Å². The van der Waals surface area contributed by atoms with Crippen LogP contribution >= 0.6 is 23.2 Å². The van der Waals surface area contributed by atoms with Gasteiger partial charge in [-0.3, -0.25) is 14.5 Å². The van der Waals surface area contributed by atoms with E-state index in [-0.39, 0.29) is 17.9 Å². The van der Waals surface area contributed by atoms with Crippen LogP contribution in [-0.2, 0) is 16.1 Å². The molecule has 1 aliphatic heterocycles. The first-order chi connectivity index (χ1) is 14.3. The summed E-state index contributed by atoms with van der Waals surface area (Å²) in [4.78, 5) is 28.4. The number of nitrogens with one attached hydrogen (secondary N) is 1. The van der Waals surface area contributed by atoms with Gasteiger partial charge in [0.25, 0.3) is 0 Å². The molecule has 1 atom stereocenters. The number of nitrogens with zero attached hydrogens (tertiary/aromatic N) is 2. The second-order valence-corrected chi connectivity index (χ2v) is 8.36. The van der Waals surface area contributed by atoms with Gasteiger partial charge in [0.2, 0.25) is 11.8 Å². The maximum absolute atomic E-state index is 12.8. The van der Waals surface area contributed by atoms with Gasteiger partial charge < -0.3 is 10.2 Å². The van der Waals surface area contributed by atoms with E-state index in [9.17, 15) is 9.59 Å². The second-order valence-electron chi connectivity index (χ2n) is 7.49. The number of anilines is 1. The van der Waals surface area contributed by atoms with E-state index in [2.05, 4.69) is 17.1 Å². The standard InChI is InChI=1S/C23H25Cl2N3O2/c1-16-14-27(15-18-3-7-20(24)8-4-18)11-12-28(16)23(30)10-6-19-5-9-21(25)13-22(19)26-17(2)29/h3-10,13,16H,11-12,14-15H2,1-2H3,(H,26,29). The lowest BCUT2D eigenvalue weighted by atomic mass is 10.1. The number of hydrogen-bond donors (Lipinski definition) is 1. The van der Waals surface area contributed by atoms with Gasteiger partial charge in [-0.1, -0.05) is 41.4 Å². The van der Waals surface area contributed by atoms with Crippen LogP contribution in [0, 0.1) is 0 Å². The van der Waals surface area contributed by atoms with E-state index in [0.717, 1.165) is 30.2 Å². The topological polar surface area (TPSA) is 52.7 Å². The summed E-state index contributed by atoms with van der Waals surface area (Å²) in [6.07, 6.45) is 3.27. The molecule has 2 aromatic carbocycles. The number of rotatable bonds is 5. The predicted molar refractivity (Wildman–Crippen MR) is 123 cm³/mol. The Bertz CT molecular complexity index is 944. The number of carbonyl (C=O) groups is 2. The second kappa shape index (κ2) is 10.1. The molecule has 7 heteroatoms. The number of carbonyl (C=O) groups excluding carboxylic acids is 2. The van der Waals surface area contributed by atoms with Crippen LogP contribution < -0.4 is 5.32 Å². The summed E-state index contributed by atoms with van der Waals surface area (Å²) in [6.45, 7) is 6.61. The lowest BCUT2D eigenvalue weighted by Gasteiger charge is -2.39. The molecular formula is C23H25Cl2N3O2. The fourth-order valence-corrected chi connectivity index (χ4v) is 3.88. The zero-order chi connectivity index (χ0) is 21.7. The van der Waals surface area contributed by atoms with Gasteiger partial charge in [-0.15, -0.1) is 0 Å². The van der Waals surface area contributed by atoms with Gasteiger partial charge in [-0.2, -0.15) is 0 Å². The molecule has 158 valence electrons. The third-order valence-corrected chi connectivity index (χ3v) is 5.53. The molecule has 1 fully saturated rings. The number of amides is 2. The van der Waals surface area contributed by atoms with Crippen LogP contribution in [0.2, 0.25) is 10.0 Å². The van der Waals surface area contributed by atoms with Crippen molar-refractivity contribution in [3.8, 4) is 0 Å². The van der Waals surface area contributed by atoms with Crippen LogP contribution in [0.5, 0.6) is 0 Å². The minimum absolute atomic E-state index is 0.0441. The highest BCUT2D eigenvalue weighted by Gasteiger charge is 2.26. The van der Waals surface area contributed by atoms with Crippen LogP contribution in [0.3, 0.4) is 0 Å². The van der Waals surface area contributed by atoms with Gasteiger partial charge in [0.15, 0.2) is 0 Å². The van der Waals surface area contributed by atoms with E-state index in [1.54, 1.807) is 30.4 Å². The monoisotopic (exact) mass is 445 g/mol. The van der Waals surface area contributed by atoms with Crippen LogP contribution in [0.25, 0.3) is 6.08 Å². The summed E-state index contributed by atoms with van der Waals surface area (Å²) in [5.41, 5.74) is 2.52. The minimum atomic E-state index is -0.191. The van der Waals surface area contributed by atoms with Gasteiger partial charge in [-0.25, -0.2) is 0 Å². The fourth-order valence-electron chi connectivity index (χ4n) is 3.58. The van der Waals surface area contributed by atoms with Crippen LogP contribution in [-0.4, -0.2) is 47.3 Å². The first-order valence-electron chi connectivity index (χ1n) is 9.84. The number of piperazine rings is 1. The van der Waals surface area contributed by atoms with E-state index in [0.29, 0.717) is 17.3 Å². The van der Waals surface area contributed by atoms with Gasteiger partial charge in [0.05, 0.1) is 0 Å². The highest BCUT2D eigenvalue weighted by molar-refractivity contribution is 6.31. The maximum Gasteiger partial charge on any atom is 0.246 e. The summed E-state index contributed by atoms with van der Waals surface area (Å²) in [5.74, 6) is -0.235. The number of halogens is 2. The van der Waals surface area contributed by atoms with E-state index < -0.39 is 0 Å². The zero-order valence-corrected chi connectivity index (χ0v) is 18.6. The Morgan fingerprint density at radius 3 is 2.47 bits per heavy atom. The Hall–Kier alpha value is -2.34. The molecule has 0 saturated carbocycles. The van der Waals surface area contributed by atoms with E-state index >= 15 is 0 Å². The third-order valence-electron chi connectivity index (χ3n) is 5.05. The minimum Gasteiger partial charge on any atom is -0.334 e. The highest BCUT2D eigenvalue weighted by atomic mass is 35.5. The molecule has 1 aliphatic rings. The van der Waals surface area contributed by atoms with Crippen LogP contribution in [0.15, 0.2) is 48.5 Å². The molecule has 3 rings (SSSR count). The van der Waals surface area contributed by atoms with E-state index in [4.69, 9.17) is 23.2 Å². The van der Waals surface area contributed by atoms with Crippen molar-refractivity contribution in [2.45, 2.75) is 26.4 Å². The van der Waals surface area contributed by atoms with Gasteiger partial charge in [-0.05, 0) is 48.4 Å². The molecule has 0 aliphatic carbocycles. The zero-order valence-electron chi connectivity index (χ0n) is 17.1. The highest BCUT2D eigenvalue weighted by Crippen LogP contribution is 2.23. The van der Waals surface area contributed by atoms with Crippen molar-refractivity contribution in [2.75, 3.05) is 25.0 Å². The fraction of sp³-hybridized carbons (Fsp3) is 0.304. The Labute approximate surface area is 187 Å². The van der Waals surface area contributed by atoms with Crippen molar-refractivity contribution >= 4 is 46.8 Å². The first kappa shape index (κ1) is 22.3. The van der Waals surface area contributed by atoms with Gasteiger partial charge in [0, 0.05) is 61.0 Å². The molecular weight excluding hydrogens is 421 g/mol. The van der Waals surface area contributed by atoms with Crippen molar-refractivity contribution in [3.05, 3.63) is 69.7 Å². The molecule has 0 aromatic heterocycles. The normalized spacial score (nSPS) is 17.3. The average molecular weight is 446 g/mol. The lowest BCUT2D eigenvalue weighted by Crippen LogP contribution is -2.53. The molecule has 0 bridgehead atoms. The number of hydrogen-bond acceptors (Lipinski definition) is 3. The molecule has 1 unspecified atom stereocenters. The summed E-state index contributed by atoms with van der Waals surface area (Å²) in [7, 11) is 0. The quantitative estimate of drug-likeness (QED) is 0.678. The largest absolute Gasteiger partial charge is 0.334 e. The van der Waals surface area contributed by atoms with Gasteiger partial charge >= 0.3 is 0 Å². The molecule has 0 spiro atoms. The Kier molecular flexibility index (Phi) is 7.53. The SMILES string of the molecule is CC(=O)Nc1cc(Cl)ccc1C=CC(=O)N1CCN(Cc2ccc(Cl)cc2)CC1C. The van der Waals surface area contributed by atoms with Crippen molar-refractivity contribution in [1.29, 1.82) is 0 Å². The summed E-state index contributed by atoms with van der Waals surface area (Å²) in [6, 6.07) is 13.2. The van der Waals surface area contributed by atoms with Gasteiger partial charge in [0.1, 0.15) is 0 Å². The van der Waals surface area contributed by atoms with Crippen molar-refractivity contribution in [2.24, 2.45) is 0 Å². The maximum atomic E-state index is 12.8. The Balaban J connectivity index is 1.61.